The summed E-state index contributed by atoms with van der Waals surface area (Å²) >= 11 is 12.2. The highest BCUT2D eigenvalue weighted by atomic mass is 35.5. The molecule has 0 radical (unpaired) electrons. The van der Waals surface area contributed by atoms with E-state index >= 15 is 0 Å². The molecule has 0 bridgehead atoms. The molecule has 2 aromatic carbocycles. The quantitative estimate of drug-likeness (QED) is 0.707. The van der Waals surface area contributed by atoms with Crippen LogP contribution in [-0.2, 0) is 10.0 Å². The topological polar surface area (TPSA) is 46.6 Å². The molecule has 4 nitrogen and oxygen atoms in total. The molecular formula is C16H15Cl2NO3S. The molecule has 23 heavy (non-hydrogen) atoms. The first-order valence-corrected chi connectivity index (χ1v) is 8.83. The monoisotopic (exact) mass is 371 g/mol. The SMILES string of the molecule is C=CCN(c1cccc(Cl)c1Cl)S(=O)(=O)c1ccc(OC)cc1. The summed E-state index contributed by atoms with van der Waals surface area (Å²) < 4.78 is 32.1. The maximum absolute atomic E-state index is 12.9. The van der Waals surface area contributed by atoms with Crippen molar-refractivity contribution in [2.75, 3.05) is 18.0 Å². The van der Waals surface area contributed by atoms with Crippen LogP contribution in [0, 0.1) is 0 Å². The Kier molecular flexibility index (Phi) is 5.57. The third-order valence-corrected chi connectivity index (χ3v) is 5.75. The summed E-state index contributed by atoms with van der Waals surface area (Å²) in [5.41, 5.74) is 0.301. The summed E-state index contributed by atoms with van der Waals surface area (Å²) in [6.07, 6.45) is 1.48. The number of anilines is 1. The lowest BCUT2D eigenvalue weighted by Crippen LogP contribution is -2.31. The molecule has 0 aliphatic carbocycles. The molecule has 0 fully saturated rings. The van der Waals surface area contributed by atoms with Gasteiger partial charge < -0.3 is 4.74 Å². The van der Waals surface area contributed by atoms with Crippen molar-refractivity contribution in [1.29, 1.82) is 0 Å². The Bertz CT molecular complexity index is 805. The van der Waals surface area contributed by atoms with Crippen LogP contribution in [0.4, 0.5) is 5.69 Å². The van der Waals surface area contributed by atoms with Crippen molar-refractivity contribution in [2.24, 2.45) is 0 Å². The minimum Gasteiger partial charge on any atom is -0.497 e. The lowest BCUT2D eigenvalue weighted by Gasteiger charge is -2.24. The first-order valence-electron chi connectivity index (χ1n) is 6.63. The van der Waals surface area contributed by atoms with E-state index in [1.165, 1.54) is 25.3 Å². The van der Waals surface area contributed by atoms with E-state index in [2.05, 4.69) is 6.58 Å². The van der Waals surface area contributed by atoms with Crippen LogP contribution in [0.2, 0.25) is 10.0 Å². The molecule has 0 aromatic heterocycles. The van der Waals surface area contributed by atoms with E-state index in [0.29, 0.717) is 11.4 Å². The fourth-order valence-corrected chi connectivity index (χ4v) is 3.90. The smallest absolute Gasteiger partial charge is 0.264 e. The number of benzene rings is 2. The summed E-state index contributed by atoms with van der Waals surface area (Å²) in [5, 5.41) is 0.455. The van der Waals surface area contributed by atoms with Crippen LogP contribution >= 0.6 is 23.2 Å². The van der Waals surface area contributed by atoms with Gasteiger partial charge in [-0.3, -0.25) is 4.31 Å². The average molecular weight is 372 g/mol. The lowest BCUT2D eigenvalue weighted by molar-refractivity contribution is 0.414. The second-order valence-electron chi connectivity index (χ2n) is 4.57. The van der Waals surface area contributed by atoms with Crippen LogP contribution in [0.1, 0.15) is 0 Å². The van der Waals surface area contributed by atoms with E-state index in [9.17, 15) is 8.42 Å². The number of rotatable bonds is 6. The second-order valence-corrected chi connectivity index (χ2v) is 7.22. The molecule has 0 saturated heterocycles. The molecule has 0 amide bonds. The zero-order valence-corrected chi connectivity index (χ0v) is 14.7. The number of halogens is 2. The molecule has 0 spiro atoms. The van der Waals surface area contributed by atoms with Crippen molar-refractivity contribution in [3.8, 4) is 5.75 Å². The van der Waals surface area contributed by atoms with Gasteiger partial charge in [0.15, 0.2) is 0 Å². The Morgan fingerprint density at radius 3 is 2.39 bits per heavy atom. The number of sulfonamides is 1. The van der Waals surface area contributed by atoms with Gasteiger partial charge in [-0.1, -0.05) is 35.3 Å². The number of methoxy groups -OCH3 is 1. The minimum absolute atomic E-state index is 0.0639. The molecule has 0 unspecified atom stereocenters. The molecule has 0 heterocycles. The van der Waals surface area contributed by atoms with Crippen LogP contribution in [0.5, 0.6) is 5.75 Å². The highest BCUT2D eigenvalue weighted by Gasteiger charge is 2.26. The highest BCUT2D eigenvalue weighted by Crippen LogP contribution is 2.35. The predicted molar refractivity (Wildman–Crippen MR) is 94.2 cm³/mol. The normalized spacial score (nSPS) is 11.1. The van der Waals surface area contributed by atoms with Crippen LogP contribution in [0.3, 0.4) is 0 Å². The molecule has 0 aliphatic rings. The fraction of sp³-hybridized carbons (Fsp3) is 0.125. The van der Waals surface area contributed by atoms with Gasteiger partial charge in [0.05, 0.1) is 34.3 Å². The molecule has 0 saturated carbocycles. The van der Waals surface area contributed by atoms with Crippen LogP contribution in [0.25, 0.3) is 0 Å². The van der Waals surface area contributed by atoms with E-state index in [1.807, 2.05) is 0 Å². The van der Waals surface area contributed by atoms with Crippen molar-refractivity contribution >= 4 is 38.9 Å². The van der Waals surface area contributed by atoms with Crippen LogP contribution < -0.4 is 9.04 Å². The van der Waals surface area contributed by atoms with Gasteiger partial charge in [0.2, 0.25) is 0 Å². The molecule has 0 aliphatic heterocycles. The van der Waals surface area contributed by atoms with Gasteiger partial charge in [0, 0.05) is 0 Å². The van der Waals surface area contributed by atoms with E-state index in [0.717, 1.165) is 4.31 Å². The third-order valence-electron chi connectivity index (χ3n) is 3.14. The number of ether oxygens (including phenoxy) is 1. The molecule has 0 atom stereocenters. The van der Waals surface area contributed by atoms with Gasteiger partial charge >= 0.3 is 0 Å². The summed E-state index contributed by atoms with van der Waals surface area (Å²) in [7, 11) is -2.30. The largest absolute Gasteiger partial charge is 0.497 e. The van der Waals surface area contributed by atoms with Crippen molar-refractivity contribution in [1.82, 2.24) is 0 Å². The minimum atomic E-state index is -3.82. The Morgan fingerprint density at radius 1 is 1.17 bits per heavy atom. The fourth-order valence-electron chi connectivity index (χ4n) is 2.00. The molecular weight excluding hydrogens is 357 g/mol. The zero-order valence-electron chi connectivity index (χ0n) is 12.4. The van der Waals surface area contributed by atoms with Gasteiger partial charge in [0.1, 0.15) is 5.75 Å². The maximum Gasteiger partial charge on any atom is 0.264 e. The Balaban J connectivity index is 2.54. The van der Waals surface area contributed by atoms with Crippen LogP contribution in [0.15, 0.2) is 60.0 Å². The molecule has 2 rings (SSSR count). The van der Waals surface area contributed by atoms with Gasteiger partial charge in [-0.15, -0.1) is 6.58 Å². The Labute approximate surface area is 145 Å². The van der Waals surface area contributed by atoms with Crippen molar-refractivity contribution in [3.63, 3.8) is 0 Å². The van der Waals surface area contributed by atoms with E-state index in [-0.39, 0.29) is 21.5 Å². The average Bonchev–Trinajstić information content (AvgIpc) is 2.55. The van der Waals surface area contributed by atoms with Crippen LogP contribution in [-0.4, -0.2) is 22.1 Å². The highest BCUT2D eigenvalue weighted by molar-refractivity contribution is 7.92. The molecule has 0 N–H and O–H groups in total. The van der Waals surface area contributed by atoms with E-state index < -0.39 is 10.0 Å². The first kappa shape index (κ1) is 17.7. The molecule has 7 heteroatoms. The van der Waals surface area contributed by atoms with Crippen molar-refractivity contribution < 1.29 is 13.2 Å². The lowest BCUT2D eigenvalue weighted by atomic mass is 10.3. The van der Waals surface area contributed by atoms with Gasteiger partial charge in [-0.2, -0.15) is 0 Å². The Morgan fingerprint density at radius 2 is 1.83 bits per heavy atom. The molecule has 2 aromatic rings. The standard InChI is InChI=1S/C16H15Cl2NO3S/c1-3-11-19(15-6-4-5-14(17)16(15)18)23(20,21)13-9-7-12(22-2)8-10-13/h3-10H,1,11H2,2H3. The predicted octanol–water partition coefficient (Wildman–Crippen LogP) is 4.38. The summed E-state index contributed by atoms with van der Waals surface area (Å²) in [5.74, 6) is 0.569. The summed E-state index contributed by atoms with van der Waals surface area (Å²) in [4.78, 5) is 0.121. The second kappa shape index (κ2) is 7.25. The number of nitrogens with zero attached hydrogens (tertiary/aromatic N) is 1. The van der Waals surface area contributed by atoms with Gasteiger partial charge in [0.25, 0.3) is 10.0 Å². The van der Waals surface area contributed by atoms with Gasteiger partial charge in [-0.25, -0.2) is 8.42 Å². The van der Waals surface area contributed by atoms with E-state index in [4.69, 9.17) is 27.9 Å². The van der Waals surface area contributed by atoms with Crippen molar-refractivity contribution in [2.45, 2.75) is 4.90 Å². The third kappa shape index (κ3) is 3.63. The zero-order chi connectivity index (χ0) is 17.0. The van der Waals surface area contributed by atoms with E-state index in [1.54, 1.807) is 30.3 Å². The summed E-state index contributed by atoms with van der Waals surface area (Å²) in [6, 6.07) is 10.9. The Hall–Kier alpha value is -1.69. The molecule has 122 valence electrons. The van der Waals surface area contributed by atoms with Crippen molar-refractivity contribution in [3.05, 3.63) is 65.2 Å². The van der Waals surface area contributed by atoms with Gasteiger partial charge in [-0.05, 0) is 36.4 Å². The maximum atomic E-state index is 12.9. The summed E-state index contributed by atoms with van der Waals surface area (Å²) in [6.45, 7) is 3.67. The number of hydrogen-bond donors (Lipinski definition) is 0. The number of hydrogen-bond acceptors (Lipinski definition) is 3. The first-order chi connectivity index (χ1) is 10.9.